The number of rotatable bonds is 8. The topological polar surface area (TPSA) is 35.9 Å². The molecule has 0 radical (unpaired) electrons. The van der Waals surface area contributed by atoms with E-state index in [0.29, 0.717) is 0 Å². The minimum Gasteiger partial charge on any atom is -0.395 e. The van der Waals surface area contributed by atoms with Crippen LogP contribution in [-0.2, 0) is 4.74 Å². The largest absolute Gasteiger partial charge is 0.395 e. The molecule has 0 aliphatic carbocycles. The summed E-state index contributed by atoms with van der Waals surface area (Å²) in [5, 5.41) is 9.42. The summed E-state index contributed by atoms with van der Waals surface area (Å²) in [6.45, 7) is 12.7. The van der Waals surface area contributed by atoms with Crippen LogP contribution in [0.3, 0.4) is 0 Å². The molecule has 0 bridgehead atoms. The van der Waals surface area contributed by atoms with Gasteiger partial charge >= 0.3 is 0 Å². The molecule has 1 unspecified atom stereocenters. The average Bonchev–Trinajstić information content (AvgIpc) is 2.36. The molecule has 1 atom stereocenters. The molecule has 0 spiro atoms. The molecule has 0 aromatic carbocycles. The van der Waals surface area contributed by atoms with E-state index in [0.717, 1.165) is 52.4 Å². The van der Waals surface area contributed by atoms with Crippen molar-refractivity contribution in [2.24, 2.45) is 0 Å². The summed E-state index contributed by atoms with van der Waals surface area (Å²) in [6.07, 6.45) is 2.88. The fourth-order valence-electron chi connectivity index (χ4n) is 2.25. The second-order valence-corrected chi connectivity index (χ2v) is 4.45. The van der Waals surface area contributed by atoms with Crippen molar-refractivity contribution in [3.8, 4) is 0 Å². The summed E-state index contributed by atoms with van der Waals surface area (Å²) in [7, 11) is 0. The van der Waals surface area contributed by atoms with Gasteiger partial charge in [-0.1, -0.05) is 6.08 Å². The van der Waals surface area contributed by atoms with Crippen molar-refractivity contribution < 1.29 is 9.84 Å². The Balaban J connectivity index is 2.26. The number of hydrogen-bond donors (Lipinski definition) is 1. The molecule has 4 nitrogen and oxygen atoms in total. The molecule has 1 fully saturated rings. The van der Waals surface area contributed by atoms with Crippen molar-refractivity contribution >= 4 is 0 Å². The van der Waals surface area contributed by atoms with E-state index in [1.165, 1.54) is 0 Å². The van der Waals surface area contributed by atoms with Gasteiger partial charge in [0.25, 0.3) is 0 Å². The van der Waals surface area contributed by atoms with Gasteiger partial charge < -0.3 is 9.84 Å². The lowest BCUT2D eigenvalue weighted by atomic mass is 10.1. The van der Waals surface area contributed by atoms with Crippen molar-refractivity contribution in [2.45, 2.75) is 19.4 Å². The highest BCUT2D eigenvalue weighted by atomic mass is 16.5. The minimum absolute atomic E-state index is 0.231. The Kier molecular flexibility index (Phi) is 7.44. The molecule has 1 N–H and O–H groups in total. The first-order valence-corrected chi connectivity index (χ1v) is 6.57. The van der Waals surface area contributed by atoms with Crippen LogP contribution in [0.15, 0.2) is 12.7 Å². The second-order valence-electron chi connectivity index (χ2n) is 4.45. The fraction of sp³-hybridized carbons (Fsp3) is 0.846. The monoisotopic (exact) mass is 242 g/mol. The Bertz CT molecular complexity index is 204. The normalized spacial score (nSPS) is 20.4. The molecule has 17 heavy (non-hydrogen) atoms. The number of ether oxygens (including phenoxy) is 1. The predicted molar refractivity (Wildman–Crippen MR) is 70.2 cm³/mol. The van der Waals surface area contributed by atoms with Crippen LogP contribution in [0.5, 0.6) is 0 Å². The van der Waals surface area contributed by atoms with Crippen LogP contribution in [0.4, 0.5) is 0 Å². The lowest BCUT2D eigenvalue weighted by molar-refractivity contribution is 0.0444. The van der Waals surface area contributed by atoms with Gasteiger partial charge in [-0.25, -0.2) is 0 Å². The summed E-state index contributed by atoms with van der Waals surface area (Å²) in [6, 6.07) is 0.257. The standard InChI is InChI=1S/C13H26N2O2/c1-3-6-14-7-9-15(10-8-14)13(12-16)5-11-17-4-2/h3,13,16H,1,4-12H2,2H3. The van der Waals surface area contributed by atoms with E-state index in [1.807, 2.05) is 13.0 Å². The zero-order valence-electron chi connectivity index (χ0n) is 11.0. The van der Waals surface area contributed by atoms with Crippen LogP contribution < -0.4 is 0 Å². The first kappa shape index (κ1) is 14.6. The van der Waals surface area contributed by atoms with E-state index < -0.39 is 0 Å². The Labute approximate surface area is 105 Å². The molecule has 1 aliphatic heterocycles. The number of aliphatic hydroxyl groups is 1. The molecule has 1 heterocycles. The van der Waals surface area contributed by atoms with Crippen molar-refractivity contribution in [1.29, 1.82) is 0 Å². The minimum atomic E-state index is 0.231. The zero-order chi connectivity index (χ0) is 12.5. The van der Waals surface area contributed by atoms with Gasteiger partial charge in [0.15, 0.2) is 0 Å². The Hall–Kier alpha value is -0.420. The molecular weight excluding hydrogens is 216 g/mol. The van der Waals surface area contributed by atoms with Gasteiger partial charge in [-0.15, -0.1) is 6.58 Å². The van der Waals surface area contributed by atoms with Crippen LogP contribution >= 0.6 is 0 Å². The first-order valence-electron chi connectivity index (χ1n) is 6.57. The zero-order valence-corrected chi connectivity index (χ0v) is 11.0. The highest BCUT2D eigenvalue weighted by Gasteiger charge is 2.22. The van der Waals surface area contributed by atoms with Crippen LogP contribution in [0, 0.1) is 0 Å². The quantitative estimate of drug-likeness (QED) is 0.499. The maximum atomic E-state index is 9.42. The number of hydrogen-bond acceptors (Lipinski definition) is 4. The molecule has 100 valence electrons. The highest BCUT2D eigenvalue weighted by Crippen LogP contribution is 2.09. The summed E-state index contributed by atoms with van der Waals surface area (Å²) in [5.41, 5.74) is 0. The third kappa shape index (κ3) is 5.17. The molecule has 0 aromatic heterocycles. The van der Waals surface area contributed by atoms with E-state index in [4.69, 9.17) is 4.74 Å². The molecule has 1 saturated heterocycles. The van der Waals surface area contributed by atoms with E-state index in [-0.39, 0.29) is 12.6 Å². The third-order valence-corrected chi connectivity index (χ3v) is 3.32. The Morgan fingerprint density at radius 3 is 2.59 bits per heavy atom. The van der Waals surface area contributed by atoms with Gasteiger partial charge in [-0.2, -0.15) is 0 Å². The summed E-state index contributed by atoms with van der Waals surface area (Å²) < 4.78 is 5.35. The Morgan fingerprint density at radius 2 is 2.06 bits per heavy atom. The SMILES string of the molecule is C=CCN1CCN(C(CO)CCOCC)CC1. The van der Waals surface area contributed by atoms with E-state index in [1.54, 1.807) is 0 Å². The lowest BCUT2D eigenvalue weighted by Crippen LogP contribution is -2.51. The van der Waals surface area contributed by atoms with E-state index in [9.17, 15) is 5.11 Å². The van der Waals surface area contributed by atoms with Crippen molar-refractivity contribution in [1.82, 2.24) is 9.80 Å². The molecule has 0 amide bonds. The summed E-state index contributed by atoms with van der Waals surface area (Å²) in [5.74, 6) is 0. The van der Waals surface area contributed by atoms with Gasteiger partial charge in [0.2, 0.25) is 0 Å². The van der Waals surface area contributed by atoms with Gasteiger partial charge in [0.1, 0.15) is 0 Å². The van der Waals surface area contributed by atoms with Crippen molar-refractivity contribution in [3.05, 3.63) is 12.7 Å². The summed E-state index contributed by atoms with van der Waals surface area (Å²) in [4.78, 5) is 4.76. The van der Waals surface area contributed by atoms with Gasteiger partial charge in [0.05, 0.1) is 6.61 Å². The smallest absolute Gasteiger partial charge is 0.0587 e. The molecule has 4 heteroatoms. The average molecular weight is 242 g/mol. The number of nitrogens with zero attached hydrogens (tertiary/aromatic N) is 2. The van der Waals surface area contributed by atoms with Crippen LogP contribution in [-0.4, -0.2) is 73.5 Å². The van der Waals surface area contributed by atoms with Crippen LogP contribution in [0.2, 0.25) is 0 Å². The maximum Gasteiger partial charge on any atom is 0.0587 e. The maximum absolute atomic E-state index is 9.42. The van der Waals surface area contributed by atoms with Crippen LogP contribution in [0.1, 0.15) is 13.3 Å². The van der Waals surface area contributed by atoms with E-state index in [2.05, 4.69) is 16.4 Å². The second kappa shape index (κ2) is 8.64. The molecular formula is C13H26N2O2. The number of piperazine rings is 1. The fourth-order valence-corrected chi connectivity index (χ4v) is 2.25. The van der Waals surface area contributed by atoms with Crippen LogP contribution in [0.25, 0.3) is 0 Å². The summed E-state index contributed by atoms with van der Waals surface area (Å²) >= 11 is 0. The predicted octanol–water partition coefficient (Wildman–Crippen LogP) is 0.577. The Morgan fingerprint density at radius 1 is 1.35 bits per heavy atom. The molecule has 1 rings (SSSR count). The van der Waals surface area contributed by atoms with Crippen molar-refractivity contribution in [2.75, 3.05) is 52.5 Å². The first-order chi connectivity index (χ1) is 8.31. The van der Waals surface area contributed by atoms with Crippen molar-refractivity contribution in [3.63, 3.8) is 0 Å². The molecule has 0 saturated carbocycles. The lowest BCUT2D eigenvalue weighted by Gasteiger charge is -2.38. The van der Waals surface area contributed by atoms with Gasteiger partial charge in [0, 0.05) is 52.0 Å². The van der Waals surface area contributed by atoms with Gasteiger partial charge in [-0.05, 0) is 13.3 Å². The third-order valence-electron chi connectivity index (χ3n) is 3.32. The highest BCUT2D eigenvalue weighted by molar-refractivity contribution is 4.81. The van der Waals surface area contributed by atoms with Gasteiger partial charge in [-0.3, -0.25) is 9.80 Å². The molecule has 1 aliphatic rings. The number of aliphatic hydroxyl groups excluding tert-OH is 1. The van der Waals surface area contributed by atoms with E-state index >= 15 is 0 Å². The molecule has 0 aromatic rings.